The summed E-state index contributed by atoms with van der Waals surface area (Å²) in [6.07, 6.45) is 0.672. The second-order valence-corrected chi connectivity index (χ2v) is 4.23. The zero-order valence-corrected chi connectivity index (χ0v) is 11.1. The molecule has 18 heavy (non-hydrogen) atoms. The van der Waals surface area contributed by atoms with Crippen LogP contribution >= 0.6 is 0 Å². The van der Waals surface area contributed by atoms with Crippen molar-refractivity contribution in [1.82, 2.24) is 9.88 Å². The van der Waals surface area contributed by atoms with Crippen LogP contribution in [0.1, 0.15) is 42.4 Å². The van der Waals surface area contributed by atoms with Crippen LogP contribution in [-0.4, -0.2) is 39.5 Å². The number of carboxylic acid groups (broad SMARTS) is 1. The third kappa shape index (κ3) is 3.09. The topological polar surface area (TPSA) is 83.6 Å². The Kier molecular flexibility index (Phi) is 4.47. The van der Waals surface area contributed by atoms with Crippen molar-refractivity contribution in [3.05, 3.63) is 17.3 Å². The summed E-state index contributed by atoms with van der Waals surface area (Å²) >= 11 is 0. The summed E-state index contributed by atoms with van der Waals surface area (Å²) in [6.45, 7) is 6.67. The average Bonchev–Trinajstić information content (AvgIpc) is 2.63. The van der Waals surface area contributed by atoms with E-state index in [-0.39, 0.29) is 18.3 Å². The van der Waals surface area contributed by atoms with E-state index in [9.17, 15) is 9.59 Å². The summed E-state index contributed by atoms with van der Waals surface area (Å²) < 4.78 is 5.24. The SMILES string of the molecule is CCC(C)N(CC(=O)O)C(=O)c1oc(C)nc1C. The maximum absolute atomic E-state index is 12.2. The number of aromatic nitrogens is 1. The number of carbonyl (C=O) groups excluding carboxylic acids is 1. The van der Waals surface area contributed by atoms with Crippen LogP contribution < -0.4 is 0 Å². The maximum Gasteiger partial charge on any atom is 0.323 e. The molecule has 1 amide bonds. The quantitative estimate of drug-likeness (QED) is 0.863. The van der Waals surface area contributed by atoms with Crippen molar-refractivity contribution in [3.63, 3.8) is 0 Å². The van der Waals surface area contributed by atoms with Gasteiger partial charge in [0.25, 0.3) is 5.91 Å². The third-order valence-electron chi connectivity index (χ3n) is 2.79. The Bertz CT molecular complexity index is 453. The second-order valence-electron chi connectivity index (χ2n) is 4.23. The van der Waals surface area contributed by atoms with Crippen LogP contribution in [0.25, 0.3) is 0 Å². The van der Waals surface area contributed by atoms with Crippen LogP contribution in [0.2, 0.25) is 0 Å². The van der Waals surface area contributed by atoms with Gasteiger partial charge in [-0.25, -0.2) is 4.98 Å². The maximum atomic E-state index is 12.2. The molecule has 1 aromatic heterocycles. The number of aliphatic carboxylic acids is 1. The van der Waals surface area contributed by atoms with Crippen LogP contribution in [0.15, 0.2) is 4.42 Å². The fourth-order valence-electron chi connectivity index (χ4n) is 1.65. The fourth-order valence-corrected chi connectivity index (χ4v) is 1.65. The fraction of sp³-hybridized carbons (Fsp3) is 0.583. The van der Waals surface area contributed by atoms with Crippen LogP contribution in [0.3, 0.4) is 0 Å². The predicted octanol–water partition coefficient (Wildman–Crippen LogP) is 1.62. The molecular weight excluding hydrogens is 236 g/mol. The van der Waals surface area contributed by atoms with Gasteiger partial charge >= 0.3 is 5.97 Å². The molecule has 1 unspecified atom stereocenters. The lowest BCUT2D eigenvalue weighted by Crippen LogP contribution is -2.41. The molecule has 0 aliphatic heterocycles. The largest absolute Gasteiger partial charge is 0.480 e. The van der Waals surface area contributed by atoms with Gasteiger partial charge in [0.1, 0.15) is 6.54 Å². The minimum atomic E-state index is -1.04. The molecular formula is C12H18N2O4. The van der Waals surface area contributed by atoms with Crippen LogP contribution in [0.4, 0.5) is 0 Å². The van der Waals surface area contributed by atoms with Crippen molar-refractivity contribution in [2.45, 2.75) is 40.2 Å². The van der Waals surface area contributed by atoms with Crippen LogP contribution in [0.5, 0.6) is 0 Å². The molecule has 1 heterocycles. The lowest BCUT2D eigenvalue weighted by molar-refractivity contribution is -0.138. The highest BCUT2D eigenvalue weighted by molar-refractivity contribution is 5.94. The van der Waals surface area contributed by atoms with Gasteiger partial charge in [0.2, 0.25) is 5.76 Å². The number of carboxylic acids is 1. The molecule has 1 aromatic rings. The van der Waals surface area contributed by atoms with E-state index in [4.69, 9.17) is 9.52 Å². The normalized spacial score (nSPS) is 12.2. The van der Waals surface area contributed by atoms with Crippen molar-refractivity contribution in [2.24, 2.45) is 0 Å². The molecule has 0 bridgehead atoms. The lowest BCUT2D eigenvalue weighted by Gasteiger charge is -2.25. The van der Waals surface area contributed by atoms with Gasteiger partial charge in [0.15, 0.2) is 5.89 Å². The average molecular weight is 254 g/mol. The van der Waals surface area contributed by atoms with Gasteiger partial charge in [0.05, 0.1) is 5.69 Å². The molecule has 6 heteroatoms. The smallest absolute Gasteiger partial charge is 0.323 e. The van der Waals surface area contributed by atoms with E-state index in [0.29, 0.717) is 18.0 Å². The first-order chi connectivity index (χ1) is 8.36. The molecule has 0 aliphatic carbocycles. The highest BCUT2D eigenvalue weighted by Crippen LogP contribution is 2.15. The van der Waals surface area contributed by atoms with Crippen molar-refractivity contribution in [3.8, 4) is 0 Å². The Balaban J connectivity index is 3.02. The summed E-state index contributed by atoms with van der Waals surface area (Å²) in [4.78, 5) is 28.4. The summed E-state index contributed by atoms with van der Waals surface area (Å²) in [5.74, 6) is -0.952. The molecule has 0 aliphatic rings. The summed E-state index contributed by atoms with van der Waals surface area (Å²) in [5, 5.41) is 8.86. The van der Waals surface area contributed by atoms with E-state index in [1.54, 1.807) is 20.8 Å². The van der Waals surface area contributed by atoms with Crippen LogP contribution in [-0.2, 0) is 4.79 Å². The van der Waals surface area contributed by atoms with Gasteiger partial charge in [-0.05, 0) is 20.3 Å². The number of aryl methyl sites for hydroxylation is 2. The van der Waals surface area contributed by atoms with Gasteiger partial charge in [0, 0.05) is 13.0 Å². The molecule has 6 nitrogen and oxygen atoms in total. The molecule has 0 saturated heterocycles. The van der Waals surface area contributed by atoms with E-state index in [1.165, 1.54) is 4.90 Å². The highest BCUT2D eigenvalue weighted by Gasteiger charge is 2.27. The Morgan fingerprint density at radius 2 is 2.06 bits per heavy atom. The predicted molar refractivity (Wildman–Crippen MR) is 64.4 cm³/mol. The number of amides is 1. The second kappa shape index (κ2) is 5.66. The molecule has 100 valence electrons. The van der Waals surface area contributed by atoms with Crippen molar-refractivity contribution in [2.75, 3.05) is 6.54 Å². The molecule has 1 N–H and O–H groups in total. The number of hydrogen-bond acceptors (Lipinski definition) is 4. The Morgan fingerprint density at radius 3 is 2.44 bits per heavy atom. The lowest BCUT2D eigenvalue weighted by atomic mass is 10.2. The zero-order chi connectivity index (χ0) is 13.9. The number of rotatable bonds is 5. The van der Waals surface area contributed by atoms with Gasteiger partial charge in [-0.15, -0.1) is 0 Å². The van der Waals surface area contributed by atoms with Crippen molar-refractivity contribution in [1.29, 1.82) is 0 Å². The number of oxazole rings is 1. The van der Waals surface area contributed by atoms with E-state index in [2.05, 4.69) is 4.98 Å². The monoisotopic (exact) mass is 254 g/mol. The van der Waals surface area contributed by atoms with E-state index >= 15 is 0 Å². The number of nitrogens with zero attached hydrogens (tertiary/aromatic N) is 2. The van der Waals surface area contributed by atoms with E-state index < -0.39 is 11.9 Å². The minimum absolute atomic E-state index is 0.119. The zero-order valence-electron chi connectivity index (χ0n) is 11.1. The Morgan fingerprint density at radius 1 is 1.44 bits per heavy atom. The summed E-state index contributed by atoms with van der Waals surface area (Å²) in [6, 6.07) is -0.168. The van der Waals surface area contributed by atoms with Crippen molar-refractivity contribution < 1.29 is 19.1 Å². The van der Waals surface area contributed by atoms with Crippen LogP contribution in [0, 0.1) is 13.8 Å². The Labute approximate surface area is 106 Å². The first-order valence-corrected chi connectivity index (χ1v) is 5.83. The number of carbonyl (C=O) groups is 2. The molecule has 1 rings (SSSR count). The summed E-state index contributed by atoms with van der Waals surface area (Å²) in [5.41, 5.74) is 0.483. The van der Waals surface area contributed by atoms with E-state index in [0.717, 1.165) is 0 Å². The summed E-state index contributed by atoms with van der Waals surface area (Å²) in [7, 11) is 0. The van der Waals surface area contributed by atoms with Gasteiger partial charge < -0.3 is 14.4 Å². The third-order valence-corrected chi connectivity index (χ3v) is 2.79. The van der Waals surface area contributed by atoms with Gasteiger partial charge in [-0.3, -0.25) is 9.59 Å². The van der Waals surface area contributed by atoms with E-state index in [1.807, 2.05) is 6.92 Å². The number of hydrogen-bond donors (Lipinski definition) is 1. The van der Waals surface area contributed by atoms with Gasteiger partial charge in [-0.2, -0.15) is 0 Å². The first-order valence-electron chi connectivity index (χ1n) is 5.83. The standard InChI is InChI=1S/C12H18N2O4/c1-5-7(2)14(6-10(15)16)12(17)11-8(3)13-9(4)18-11/h7H,5-6H2,1-4H3,(H,15,16). The highest BCUT2D eigenvalue weighted by atomic mass is 16.4. The Hall–Kier alpha value is -1.85. The molecule has 0 aromatic carbocycles. The first kappa shape index (κ1) is 14.2. The minimum Gasteiger partial charge on any atom is -0.480 e. The molecule has 0 fully saturated rings. The molecule has 1 atom stereocenters. The molecule has 0 saturated carbocycles. The van der Waals surface area contributed by atoms with Crippen molar-refractivity contribution >= 4 is 11.9 Å². The van der Waals surface area contributed by atoms with Gasteiger partial charge in [-0.1, -0.05) is 6.92 Å². The molecule has 0 radical (unpaired) electrons. The molecule has 0 spiro atoms.